The van der Waals surface area contributed by atoms with Crippen LogP contribution in [0.4, 0.5) is 5.69 Å². The molecule has 0 bridgehead atoms. The van der Waals surface area contributed by atoms with Gasteiger partial charge in [-0.05, 0) is 47.6 Å². The topological polar surface area (TPSA) is 71.1 Å². The molecule has 0 aromatic heterocycles. The van der Waals surface area contributed by atoms with Crippen molar-refractivity contribution >= 4 is 34.8 Å². The Morgan fingerprint density at radius 3 is 2.20 bits per heavy atom. The number of ether oxygens (including phenoxy) is 2. The standard InChI is InChI=1S/C27H27N3O4S/c1-33-23-14-13-20(15-24(23)34-2)18-29-22(16-25(31)28-21-11-7-4-8-12-21)26(32)30(27(29)35)17-19-9-5-3-6-10-19/h3-15,22H,16-18H2,1-2H3,(H,28,31)/t22-/m0/s1. The molecule has 0 spiro atoms. The van der Waals surface area contributed by atoms with Gasteiger partial charge >= 0.3 is 0 Å². The first-order valence-electron chi connectivity index (χ1n) is 11.2. The zero-order valence-corrected chi connectivity index (χ0v) is 20.5. The molecule has 35 heavy (non-hydrogen) atoms. The van der Waals surface area contributed by atoms with Crippen LogP contribution in [0.25, 0.3) is 0 Å². The molecule has 0 saturated carbocycles. The number of methoxy groups -OCH3 is 2. The van der Waals surface area contributed by atoms with E-state index in [-0.39, 0.29) is 18.2 Å². The summed E-state index contributed by atoms with van der Waals surface area (Å²) in [7, 11) is 3.15. The van der Waals surface area contributed by atoms with Gasteiger partial charge in [-0.2, -0.15) is 0 Å². The van der Waals surface area contributed by atoms with Crippen molar-refractivity contribution in [2.45, 2.75) is 25.6 Å². The van der Waals surface area contributed by atoms with Gasteiger partial charge in [0.05, 0.1) is 27.2 Å². The summed E-state index contributed by atoms with van der Waals surface area (Å²) in [6.45, 7) is 0.692. The van der Waals surface area contributed by atoms with E-state index in [4.69, 9.17) is 21.7 Å². The molecule has 1 aliphatic rings. The van der Waals surface area contributed by atoms with Crippen molar-refractivity contribution in [2.24, 2.45) is 0 Å². The molecular weight excluding hydrogens is 462 g/mol. The average molecular weight is 490 g/mol. The molecule has 1 heterocycles. The second kappa shape index (κ2) is 11.0. The van der Waals surface area contributed by atoms with E-state index in [1.54, 1.807) is 19.1 Å². The van der Waals surface area contributed by atoms with Crippen molar-refractivity contribution in [1.82, 2.24) is 9.80 Å². The number of nitrogens with one attached hydrogen (secondary N) is 1. The molecule has 2 amide bonds. The molecule has 7 nitrogen and oxygen atoms in total. The number of carbonyl (C=O) groups is 2. The molecule has 8 heteroatoms. The molecule has 1 aliphatic heterocycles. The van der Waals surface area contributed by atoms with E-state index in [0.29, 0.717) is 35.4 Å². The van der Waals surface area contributed by atoms with Gasteiger partial charge in [-0.15, -0.1) is 0 Å². The second-order valence-electron chi connectivity index (χ2n) is 8.14. The Bertz CT molecular complexity index is 1200. The van der Waals surface area contributed by atoms with Crippen molar-refractivity contribution in [2.75, 3.05) is 19.5 Å². The Labute approximate surface area is 210 Å². The maximum Gasteiger partial charge on any atom is 0.252 e. The van der Waals surface area contributed by atoms with Crippen molar-refractivity contribution < 1.29 is 19.1 Å². The second-order valence-corrected chi connectivity index (χ2v) is 8.51. The highest BCUT2D eigenvalue weighted by Crippen LogP contribution is 2.30. The summed E-state index contributed by atoms with van der Waals surface area (Å²) in [5, 5.41) is 3.26. The largest absolute Gasteiger partial charge is 0.493 e. The van der Waals surface area contributed by atoms with Crippen LogP contribution in [0.5, 0.6) is 11.5 Å². The fourth-order valence-electron chi connectivity index (χ4n) is 4.07. The highest BCUT2D eigenvalue weighted by atomic mass is 32.1. The summed E-state index contributed by atoms with van der Waals surface area (Å²) in [6.07, 6.45) is -0.0214. The number of hydrogen-bond donors (Lipinski definition) is 1. The average Bonchev–Trinajstić information content (AvgIpc) is 3.09. The number of para-hydroxylation sites is 1. The minimum Gasteiger partial charge on any atom is -0.493 e. The maximum atomic E-state index is 13.5. The lowest BCUT2D eigenvalue weighted by atomic mass is 10.1. The van der Waals surface area contributed by atoms with Crippen molar-refractivity contribution in [3.63, 3.8) is 0 Å². The fraction of sp³-hybridized carbons (Fsp3) is 0.222. The molecule has 1 fully saturated rings. The van der Waals surface area contributed by atoms with Crippen LogP contribution in [0.1, 0.15) is 17.5 Å². The smallest absolute Gasteiger partial charge is 0.252 e. The molecule has 180 valence electrons. The van der Waals surface area contributed by atoms with Crippen LogP contribution in [-0.4, -0.2) is 47.0 Å². The number of rotatable bonds is 9. The van der Waals surface area contributed by atoms with Crippen molar-refractivity contribution in [3.8, 4) is 11.5 Å². The Morgan fingerprint density at radius 2 is 1.54 bits per heavy atom. The number of nitrogens with zero attached hydrogens (tertiary/aromatic N) is 2. The molecule has 1 N–H and O–H groups in total. The molecule has 0 aliphatic carbocycles. The summed E-state index contributed by atoms with van der Waals surface area (Å²) < 4.78 is 10.8. The lowest BCUT2D eigenvalue weighted by Gasteiger charge is -2.24. The molecule has 0 unspecified atom stereocenters. The number of amides is 2. The number of thiocarbonyl (C=S) groups is 1. The van der Waals surface area contributed by atoms with Gasteiger partial charge in [0.25, 0.3) is 5.91 Å². The van der Waals surface area contributed by atoms with Gasteiger partial charge in [0.1, 0.15) is 6.04 Å². The van der Waals surface area contributed by atoms with Gasteiger partial charge in [0, 0.05) is 12.2 Å². The number of benzene rings is 3. The molecule has 0 radical (unpaired) electrons. The van der Waals surface area contributed by atoms with Gasteiger partial charge in [-0.3, -0.25) is 14.5 Å². The van der Waals surface area contributed by atoms with Gasteiger partial charge in [-0.25, -0.2) is 0 Å². The molecule has 1 atom stereocenters. The maximum absolute atomic E-state index is 13.5. The number of hydrogen-bond acceptors (Lipinski definition) is 5. The minimum absolute atomic E-state index is 0.0214. The van der Waals surface area contributed by atoms with E-state index >= 15 is 0 Å². The monoisotopic (exact) mass is 489 g/mol. The third-order valence-corrected chi connectivity index (χ3v) is 6.28. The summed E-state index contributed by atoms with van der Waals surface area (Å²) in [5.41, 5.74) is 2.52. The van der Waals surface area contributed by atoms with E-state index in [2.05, 4.69) is 5.32 Å². The zero-order chi connectivity index (χ0) is 24.8. The van der Waals surface area contributed by atoms with Crippen LogP contribution in [0, 0.1) is 0 Å². The van der Waals surface area contributed by atoms with Crippen LogP contribution < -0.4 is 14.8 Å². The van der Waals surface area contributed by atoms with Crippen LogP contribution in [-0.2, 0) is 22.7 Å². The number of carbonyl (C=O) groups excluding carboxylic acids is 2. The van der Waals surface area contributed by atoms with Gasteiger partial charge < -0.3 is 19.7 Å². The van der Waals surface area contributed by atoms with Gasteiger partial charge in [-0.1, -0.05) is 54.6 Å². The fourth-order valence-corrected chi connectivity index (χ4v) is 4.41. The van der Waals surface area contributed by atoms with E-state index in [1.165, 1.54) is 0 Å². The Balaban J connectivity index is 1.59. The molecule has 4 rings (SSSR count). The predicted octanol–water partition coefficient (Wildman–Crippen LogP) is 4.23. The molecular formula is C27H27N3O4S. The first kappa shape index (κ1) is 24.2. The van der Waals surface area contributed by atoms with Crippen LogP contribution in [0.15, 0.2) is 78.9 Å². The van der Waals surface area contributed by atoms with Crippen LogP contribution >= 0.6 is 12.2 Å². The Hall–Kier alpha value is -3.91. The van der Waals surface area contributed by atoms with E-state index in [9.17, 15) is 9.59 Å². The SMILES string of the molecule is COc1ccc(CN2C(=S)N(Cc3ccccc3)C(=O)[C@@H]2CC(=O)Nc2ccccc2)cc1OC. The third-order valence-electron chi connectivity index (χ3n) is 5.82. The highest BCUT2D eigenvalue weighted by molar-refractivity contribution is 7.80. The molecule has 1 saturated heterocycles. The predicted molar refractivity (Wildman–Crippen MR) is 138 cm³/mol. The Morgan fingerprint density at radius 1 is 0.886 bits per heavy atom. The summed E-state index contributed by atoms with van der Waals surface area (Å²) >= 11 is 5.75. The first-order chi connectivity index (χ1) is 17.0. The summed E-state index contributed by atoms with van der Waals surface area (Å²) in [6, 6.07) is 23.7. The normalized spacial score (nSPS) is 15.3. The Kier molecular flexibility index (Phi) is 7.62. The van der Waals surface area contributed by atoms with Gasteiger partial charge in [0.15, 0.2) is 16.6 Å². The molecule has 3 aromatic carbocycles. The molecule has 3 aromatic rings. The van der Waals surface area contributed by atoms with Crippen molar-refractivity contribution in [1.29, 1.82) is 0 Å². The third kappa shape index (κ3) is 5.60. The van der Waals surface area contributed by atoms with Crippen LogP contribution in [0.3, 0.4) is 0 Å². The van der Waals surface area contributed by atoms with Crippen molar-refractivity contribution in [3.05, 3.63) is 90.0 Å². The lowest BCUT2D eigenvalue weighted by Crippen LogP contribution is -2.37. The minimum atomic E-state index is -0.719. The first-order valence-corrected chi connectivity index (χ1v) is 11.6. The van der Waals surface area contributed by atoms with E-state index < -0.39 is 6.04 Å². The quantitative estimate of drug-likeness (QED) is 0.454. The van der Waals surface area contributed by atoms with E-state index in [0.717, 1.165) is 11.1 Å². The van der Waals surface area contributed by atoms with Crippen LogP contribution in [0.2, 0.25) is 0 Å². The zero-order valence-electron chi connectivity index (χ0n) is 19.6. The number of anilines is 1. The summed E-state index contributed by atoms with van der Waals surface area (Å²) in [4.78, 5) is 29.8. The summed E-state index contributed by atoms with van der Waals surface area (Å²) in [5.74, 6) is 0.750. The van der Waals surface area contributed by atoms with Gasteiger partial charge in [0.2, 0.25) is 5.91 Å². The van der Waals surface area contributed by atoms with E-state index in [1.807, 2.05) is 83.8 Å². The lowest BCUT2D eigenvalue weighted by molar-refractivity contribution is -0.131. The highest BCUT2D eigenvalue weighted by Gasteiger charge is 2.43.